The number of halogens is 2. The number of nitrogens with zero attached hydrogens (tertiary/aromatic N) is 1. The van der Waals surface area contributed by atoms with Crippen molar-refractivity contribution in [2.75, 3.05) is 6.54 Å². The molecule has 0 atom stereocenters. The van der Waals surface area contributed by atoms with E-state index in [2.05, 4.69) is 15.0 Å². The molecule has 39 heavy (non-hydrogen) atoms. The molecule has 3 aromatic carbocycles. The van der Waals surface area contributed by atoms with Crippen molar-refractivity contribution in [2.24, 2.45) is 0 Å². The number of carbonyl (C=O) groups is 1. The molecule has 204 valence electrons. The van der Waals surface area contributed by atoms with Gasteiger partial charge in [0.05, 0.1) is 5.02 Å². The Kier molecular flexibility index (Phi) is 8.81. The zero-order chi connectivity index (χ0) is 28.2. The summed E-state index contributed by atoms with van der Waals surface area (Å²) in [5, 5.41) is 3.86. The van der Waals surface area contributed by atoms with Crippen molar-refractivity contribution in [3.63, 3.8) is 0 Å². The Morgan fingerprint density at radius 1 is 0.974 bits per heavy atom. The highest BCUT2D eigenvalue weighted by molar-refractivity contribution is 7.89. The van der Waals surface area contributed by atoms with Crippen LogP contribution in [-0.4, -0.2) is 31.4 Å². The molecule has 0 aliphatic heterocycles. The van der Waals surface area contributed by atoms with Crippen LogP contribution in [0.15, 0.2) is 77.7 Å². The molecule has 0 aliphatic rings. The first kappa shape index (κ1) is 28.8. The molecule has 4 rings (SSSR count). The number of pyridine rings is 1. The average Bonchev–Trinajstić information content (AvgIpc) is 2.88. The highest BCUT2D eigenvalue weighted by Gasteiger charge is 2.34. The van der Waals surface area contributed by atoms with Gasteiger partial charge in [-0.2, -0.15) is 4.72 Å². The van der Waals surface area contributed by atoms with E-state index in [4.69, 9.17) is 27.9 Å². The van der Waals surface area contributed by atoms with Crippen LogP contribution in [0.5, 0.6) is 5.75 Å². The van der Waals surface area contributed by atoms with E-state index in [0.717, 1.165) is 16.6 Å². The van der Waals surface area contributed by atoms with Gasteiger partial charge in [0.1, 0.15) is 28.3 Å². The second-order valence-electron chi connectivity index (χ2n) is 9.63. The van der Waals surface area contributed by atoms with E-state index in [0.29, 0.717) is 29.8 Å². The first-order valence-corrected chi connectivity index (χ1v) is 14.5. The zero-order valence-electron chi connectivity index (χ0n) is 21.8. The molecule has 1 amide bonds. The van der Waals surface area contributed by atoms with E-state index < -0.39 is 21.5 Å². The van der Waals surface area contributed by atoms with Crippen molar-refractivity contribution < 1.29 is 17.9 Å². The number of amides is 1. The number of sulfonamides is 1. The molecule has 1 aromatic heterocycles. The van der Waals surface area contributed by atoms with Gasteiger partial charge >= 0.3 is 0 Å². The molecule has 10 heteroatoms. The molecule has 0 aliphatic carbocycles. The quantitative estimate of drug-likeness (QED) is 0.243. The van der Waals surface area contributed by atoms with Crippen molar-refractivity contribution in [1.29, 1.82) is 0 Å². The Bertz CT molecular complexity index is 1610. The highest BCUT2D eigenvalue weighted by atomic mass is 35.5. The summed E-state index contributed by atoms with van der Waals surface area (Å²) in [7, 11) is -4.20. The average molecular weight is 587 g/mol. The van der Waals surface area contributed by atoms with Crippen LogP contribution in [0.1, 0.15) is 30.7 Å². The number of aryl methyl sites for hydroxylation is 1. The molecule has 0 bridgehead atoms. The van der Waals surface area contributed by atoms with Gasteiger partial charge < -0.3 is 10.1 Å². The van der Waals surface area contributed by atoms with Gasteiger partial charge in [-0.05, 0) is 57.0 Å². The van der Waals surface area contributed by atoms with E-state index >= 15 is 0 Å². The van der Waals surface area contributed by atoms with E-state index in [1.807, 2.05) is 61.5 Å². The van der Waals surface area contributed by atoms with Crippen LogP contribution < -0.4 is 14.8 Å². The molecule has 0 radical (unpaired) electrons. The van der Waals surface area contributed by atoms with Crippen molar-refractivity contribution in [3.8, 4) is 5.75 Å². The van der Waals surface area contributed by atoms with Crippen molar-refractivity contribution in [2.45, 2.75) is 44.2 Å². The smallest absolute Gasteiger partial charge is 0.243 e. The van der Waals surface area contributed by atoms with Gasteiger partial charge in [0.25, 0.3) is 0 Å². The monoisotopic (exact) mass is 585 g/mol. The fourth-order valence-corrected chi connectivity index (χ4v) is 6.29. The van der Waals surface area contributed by atoms with Gasteiger partial charge in [0.15, 0.2) is 0 Å². The van der Waals surface area contributed by atoms with E-state index in [9.17, 15) is 13.2 Å². The van der Waals surface area contributed by atoms with E-state index in [-0.39, 0.29) is 21.5 Å². The predicted octanol–water partition coefficient (Wildman–Crippen LogP) is 5.84. The summed E-state index contributed by atoms with van der Waals surface area (Å²) in [6.45, 7) is 5.15. The normalized spacial score (nSPS) is 11.9. The molecule has 0 saturated heterocycles. The molecular weight excluding hydrogens is 557 g/mol. The third kappa shape index (κ3) is 6.89. The molecule has 1 heterocycles. The Labute approximate surface area is 238 Å². The number of para-hydroxylation sites is 1. The lowest BCUT2D eigenvalue weighted by Crippen LogP contribution is -2.54. The second-order valence-corrected chi connectivity index (χ2v) is 12.1. The third-order valence-electron chi connectivity index (χ3n) is 6.13. The first-order chi connectivity index (χ1) is 18.5. The molecule has 0 fully saturated rings. The fraction of sp³-hybridized carbons (Fsp3) is 0.241. The largest absolute Gasteiger partial charge is 0.487 e. The maximum Gasteiger partial charge on any atom is 0.243 e. The SMILES string of the molecule is Cc1ccc2cccc(OCc3c(Cl)ccc(S(=O)(=O)NC(C)(C)C(=O)NCCc4ccccc4)c3Cl)c2n1. The summed E-state index contributed by atoms with van der Waals surface area (Å²) in [6.07, 6.45) is 0.619. The van der Waals surface area contributed by atoms with Crippen molar-refractivity contribution in [3.05, 3.63) is 99.7 Å². The molecule has 7 nitrogen and oxygen atoms in total. The number of ether oxygens (including phenoxy) is 1. The standard InChI is InChI=1S/C29H29Cl2N3O4S/c1-19-12-13-21-10-7-11-24(27(21)33-19)38-18-22-23(30)14-15-25(26(22)31)39(36,37)34-29(2,3)28(35)32-17-16-20-8-5-4-6-9-20/h4-15,34H,16-18H2,1-3H3,(H,32,35). The van der Waals surface area contributed by atoms with Gasteiger partial charge in [0, 0.05) is 28.2 Å². The summed E-state index contributed by atoms with van der Waals surface area (Å²) in [6, 6.07) is 21.8. The fourth-order valence-electron chi connectivity index (χ4n) is 4.02. The van der Waals surface area contributed by atoms with Crippen LogP contribution in [0.3, 0.4) is 0 Å². The van der Waals surface area contributed by atoms with Gasteiger partial charge in [0.2, 0.25) is 15.9 Å². The van der Waals surface area contributed by atoms with Gasteiger partial charge in [-0.15, -0.1) is 0 Å². The summed E-state index contributed by atoms with van der Waals surface area (Å²) in [5.74, 6) is 0.0532. The second kappa shape index (κ2) is 11.9. The maximum absolute atomic E-state index is 13.3. The van der Waals surface area contributed by atoms with Crippen molar-refractivity contribution >= 4 is 50.0 Å². The molecule has 4 aromatic rings. The van der Waals surface area contributed by atoms with E-state index in [1.165, 1.54) is 26.0 Å². The molecule has 0 spiro atoms. The third-order valence-corrected chi connectivity index (χ3v) is 8.73. The summed E-state index contributed by atoms with van der Waals surface area (Å²) in [4.78, 5) is 17.2. The number of aromatic nitrogens is 1. The predicted molar refractivity (Wildman–Crippen MR) is 155 cm³/mol. The minimum Gasteiger partial charge on any atom is -0.487 e. The Morgan fingerprint density at radius 3 is 2.46 bits per heavy atom. The lowest BCUT2D eigenvalue weighted by molar-refractivity contribution is -0.125. The number of fused-ring (bicyclic) bond motifs is 1. The van der Waals surface area contributed by atoms with Gasteiger partial charge in [-0.1, -0.05) is 71.7 Å². The number of nitrogens with one attached hydrogen (secondary N) is 2. The Balaban J connectivity index is 1.49. The number of hydrogen-bond donors (Lipinski definition) is 2. The van der Waals surface area contributed by atoms with Crippen molar-refractivity contribution in [1.82, 2.24) is 15.0 Å². The Hall–Kier alpha value is -3.17. The summed E-state index contributed by atoms with van der Waals surface area (Å²) < 4.78 is 35.2. The van der Waals surface area contributed by atoms with E-state index in [1.54, 1.807) is 6.07 Å². The number of rotatable bonds is 10. The molecule has 0 unspecified atom stereocenters. The van der Waals surface area contributed by atoms with Gasteiger partial charge in [-0.25, -0.2) is 13.4 Å². The minimum atomic E-state index is -4.20. The van der Waals surface area contributed by atoms with Crippen LogP contribution in [0.2, 0.25) is 10.0 Å². The topological polar surface area (TPSA) is 97.4 Å². The van der Waals surface area contributed by atoms with Crippen LogP contribution in [0.25, 0.3) is 10.9 Å². The first-order valence-electron chi connectivity index (χ1n) is 12.3. The molecule has 0 saturated carbocycles. The minimum absolute atomic E-state index is 0.0836. The Morgan fingerprint density at radius 2 is 1.72 bits per heavy atom. The lowest BCUT2D eigenvalue weighted by atomic mass is 10.1. The summed E-state index contributed by atoms with van der Waals surface area (Å²) >= 11 is 13.0. The van der Waals surface area contributed by atoms with Gasteiger partial charge in [-0.3, -0.25) is 4.79 Å². The number of hydrogen-bond acceptors (Lipinski definition) is 5. The number of carbonyl (C=O) groups excluding carboxylic acids is 1. The number of benzene rings is 3. The van der Waals surface area contributed by atoms with Crippen LogP contribution >= 0.6 is 23.2 Å². The molecular formula is C29H29Cl2N3O4S. The highest BCUT2D eigenvalue weighted by Crippen LogP contribution is 2.33. The maximum atomic E-state index is 13.3. The summed E-state index contributed by atoms with van der Waals surface area (Å²) in [5.41, 5.74) is 1.43. The lowest BCUT2D eigenvalue weighted by Gasteiger charge is -2.25. The van der Waals surface area contributed by atoms with Crippen LogP contribution in [-0.2, 0) is 27.8 Å². The van der Waals surface area contributed by atoms with Crippen LogP contribution in [0, 0.1) is 6.92 Å². The zero-order valence-corrected chi connectivity index (χ0v) is 24.1. The molecule has 2 N–H and O–H groups in total. The van der Waals surface area contributed by atoms with Crippen LogP contribution in [0.4, 0.5) is 0 Å².